The second-order valence-corrected chi connectivity index (χ2v) is 5.79. The largest absolute Gasteiger partial charge is 0.480 e. The quantitative estimate of drug-likeness (QED) is 0.722. The van der Waals surface area contributed by atoms with Gasteiger partial charge in [-0.1, -0.05) is 24.3 Å². The molecule has 27 heavy (non-hydrogen) atoms. The normalized spacial score (nSPS) is 10.7. The van der Waals surface area contributed by atoms with E-state index in [1.165, 1.54) is 41.3 Å². The van der Waals surface area contributed by atoms with Crippen LogP contribution in [0.3, 0.4) is 0 Å². The van der Waals surface area contributed by atoms with Crippen LogP contribution in [0.25, 0.3) is 0 Å². The van der Waals surface area contributed by atoms with Gasteiger partial charge in [-0.15, -0.1) is 0 Å². The summed E-state index contributed by atoms with van der Waals surface area (Å²) in [5, 5.41) is 9.01. The van der Waals surface area contributed by atoms with Crippen LogP contribution in [0.1, 0.15) is 17.5 Å². The Morgan fingerprint density at radius 1 is 1.00 bits per heavy atom. The van der Waals surface area contributed by atoms with Gasteiger partial charge in [0.1, 0.15) is 18.1 Å². The summed E-state index contributed by atoms with van der Waals surface area (Å²) in [5.41, 5.74) is 1.33. The molecule has 5 nitrogen and oxygen atoms in total. The van der Waals surface area contributed by atoms with Crippen LogP contribution in [-0.2, 0) is 22.6 Å². The third-order valence-corrected chi connectivity index (χ3v) is 3.74. The van der Waals surface area contributed by atoms with Crippen LogP contribution in [0.5, 0.6) is 5.75 Å². The van der Waals surface area contributed by atoms with E-state index in [4.69, 9.17) is 5.11 Å². The summed E-state index contributed by atoms with van der Waals surface area (Å²) < 4.78 is 41.5. The van der Waals surface area contributed by atoms with Crippen LogP contribution in [0, 0.1) is 5.82 Å². The molecule has 0 aromatic heterocycles. The molecule has 2 rings (SSSR count). The predicted octanol–water partition coefficient (Wildman–Crippen LogP) is 3.47. The molecule has 0 bridgehead atoms. The summed E-state index contributed by atoms with van der Waals surface area (Å²) >= 11 is 0. The molecule has 0 aliphatic heterocycles. The topological polar surface area (TPSA) is 66.8 Å². The van der Waals surface area contributed by atoms with Gasteiger partial charge in [0.15, 0.2) is 0 Å². The average molecular weight is 381 g/mol. The Morgan fingerprint density at radius 2 is 1.59 bits per heavy atom. The van der Waals surface area contributed by atoms with Crippen LogP contribution in [0.15, 0.2) is 48.5 Å². The Hall–Kier alpha value is -3.03. The summed E-state index contributed by atoms with van der Waals surface area (Å²) in [5.74, 6) is -1.94. The first-order valence-electron chi connectivity index (χ1n) is 8.11. The number of carbonyl (C=O) groups excluding carboxylic acids is 1. The fourth-order valence-electron chi connectivity index (χ4n) is 2.45. The first kappa shape index (κ1) is 20.3. The second kappa shape index (κ2) is 9.61. The molecular weight excluding hydrogens is 363 g/mol. The van der Waals surface area contributed by atoms with Crippen molar-refractivity contribution in [2.45, 2.75) is 26.0 Å². The van der Waals surface area contributed by atoms with Crippen molar-refractivity contribution in [2.75, 3.05) is 6.54 Å². The molecule has 0 spiro atoms. The van der Waals surface area contributed by atoms with E-state index in [1.54, 1.807) is 12.1 Å². The van der Waals surface area contributed by atoms with Crippen molar-refractivity contribution in [3.05, 3.63) is 65.5 Å². The zero-order valence-corrected chi connectivity index (χ0v) is 14.3. The first-order chi connectivity index (χ1) is 12.8. The summed E-state index contributed by atoms with van der Waals surface area (Å²) in [6, 6.07) is 11.3. The van der Waals surface area contributed by atoms with Gasteiger partial charge in [0, 0.05) is 13.0 Å². The van der Waals surface area contributed by atoms with Gasteiger partial charge in [-0.25, -0.2) is 4.39 Å². The van der Waals surface area contributed by atoms with Crippen molar-refractivity contribution in [3.8, 4) is 5.75 Å². The van der Waals surface area contributed by atoms with Gasteiger partial charge in [0.05, 0.1) is 0 Å². The zero-order chi connectivity index (χ0) is 19.8. The Balaban J connectivity index is 1.96. The molecule has 144 valence electrons. The molecule has 0 saturated heterocycles. The number of alkyl halides is 2. The molecule has 0 saturated carbocycles. The van der Waals surface area contributed by atoms with Crippen molar-refractivity contribution in [1.29, 1.82) is 0 Å². The fourth-order valence-corrected chi connectivity index (χ4v) is 2.45. The van der Waals surface area contributed by atoms with Gasteiger partial charge in [0.25, 0.3) is 0 Å². The minimum absolute atomic E-state index is 0.0175. The zero-order valence-electron chi connectivity index (χ0n) is 14.3. The van der Waals surface area contributed by atoms with Crippen molar-refractivity contribution in [3.63, 3.8) is 0 Å². The van der Waals surface area contributed by atoms with E-state index in [1.807, 2.05) is 0 Å². The average Bonchev–Trinajstić information content (AvgIpc) is 2.61. The minimum Gasteiger partial charge on any atom is -0.480 e. The number of amides is 1. The van der Waals surface area contributed by atoms with E-state index in [0.29, 0.717) is 12.0 Å². The number of halogens is 3. The van der Waals surface area contributed by atoms with Gasteiger partial charge in [-0.05, 0) is 41.8 Å². The number of carbonyl (C=O) groups is 2. The van der Waals surface area contributed by atoms with E-state index < -0.39 is 24.9 Å². The van der Waals surface area contributed by atoms with Gasteiger partial charge in [0.2, 0.25) is 5.91 Å². The lowest BCUT2D eigenvalue weighted by Crippen LogP contribution is -2.35. The molecule has 1 N–H and O–H groups in total. The number of aryl methyl sites for hydroxylation is 1. The van der Waals surface area contributed by atoms with E-state index in [9.17, 15) is 22.8 Å². The van der Waals surface area contributed by atoms with E-state index in [0.717, 1.165) is 5.56 Å². The molecule has 0 aliphatic rings. The Labute approximate surface area is 154 Å². The molecule has 1 amide bonds. The van der Waals surface area contributed by atoms with Crippen LogP contribution >= 0.6 is 0 Å². The summed E-state index contributed by atoms with van der Waals surface area (Å²) in [4.78, 5) is 24.6. The van der Waals surface area contributed by atoms with E-state index >= 15 is 0 Å². The highest BCUT2D eigenvalue weighted by molar-refractivity contribution is 5.81. The van der Waals surface area contributed by atoms with Crippen molar-refractivity contribution in [2.24, 2.45) is 0 Å². The van der Waals surface area contributed by atoms with Crippen LogP contribution in [-0.4, -0.2) is 35.0 Å². The van der Waals surface area contributed by atoms with E-state index in [-0.39, 0.29) is 24.6 Å². The van der Waals surface area contributed by atoms with Crippen molar-refractivity contribution < 1.29 is 32.6 Å². The molecule has 8 heteroatoms. The summed E-state index contributed by atoms with van der Waals surface area (Å²) in [7, 11) is 0. The lowest BCUT2D eigenvalue weighted by Gasteiger charge is -2.21. The molecule has 2 aromatic rings. The first-order valence-corrected chi connectivity index (χ1v) is 8.11. The van der Waals surface area contributed by atoms with Crippen LogP contribution in [0.2, 0.25) is 0 Å². The summed E-state index contributed by atoms with van der Waals surface area (Å²) in [6.07, 6.45) is 0.358. The number of aliphatic carboxylic acids is 1. The van der Waals surface area contributed by atoms with Crippen LogP contribution < -0.4 is 4.74 Å². The lowest BCUT2D eigenvalue weighted by atomic mass is 10.1. The molecule has 0 aliphatic carbocycles. The maximum Gasteiger partial charge on any atom is 0.387 e. The smallest absolute Gasteiger partial charge is 0.387 e. The Morgan fingerprint density at radius 3 is 2.15 bits per heavy atom. The number of benzene rings is 2. The molecule has 0 heterocycles. The maximum absolute atomic E-state index is 13.0. The highest BCUT2D eigenvalue weighted by atomic mass is 19.3. The minimum atomic E-state index is -2.91. The molecular formula is C19H18F3NO4. The third kappa shape index (κ3) is 7.01. The lowest BCUT2D eigenvalue weighted by molar-refractivity contribution is -0.144. The SMILES string of the molecule is O=C(O)CN(Cc1ccc(F)cc1)C(=O)CCc1ccc(OC(F)F)cc1. The maximum atomic E-state index is 13.0. The van der Waals surface area contributed by atoms with Gasteiger partial charge < -0.3 is 14.7 Å². The number of hydrogen-bond donors (Lipinski definition) is 1. The molecule has 0 unspecified atom stereocenters. The fraction of sp³-hybridized carbons (Fsp3) is 0.263. The number of hydrogen-bond acceptors (Lipinski definition) is 3. The van der Waals surface area contributed by atoms with Gasteiger partial charge in [-0.2, -0.15) is 8.78 Å². The van der Waals surface area contributed by atoms with Gasteiger partial charge in [-0.3, -0.25) is 9.59 Å². The van der Waals surface area contributed by atoms with Crippen LogP contribution in [0.4, 0.5) is 13.2 Å². The number of ether oxygens (including phenoxy) is 1. The molecule has 0 fully saturated rings. The standard InChI is InChI=1S/C19H18F3NO4/c20-15-6-1-14(2-7-15)11-23(12-18(25)26)17(24)10-5-13-3-8-16(9-4-13)27-19(21)22/h1-4,6-9,19H,5,10-12H2,(H,25,26). The highest BCUT2D eigenvalue weighted by Gasteiger charge is 2.17. The Bertz CT molecular complexity index is 764. The monoisotopic (exact) mass is 381 g/mol. The molecule has 0 radical (unpaired) electrons. The number of carboxylic acid groups (broad SMARTS) is 1. The predicted molar refractivity (Wildman–Crippen MR) is 90.8 cm³/mol. The Kier molecular flexibility index (Phi) is 7.22. The highest BCUT2D eigenvalue weighted by Crippen LogP contribution is 2.16. The van der Waals surface area contributed by atoms with E-state index in [2.05, 4.69) is 4.74 Å². The number of rotatable bonds is 9. The molecule has 2 aromatic carbocycles. The summed E-state index contributed by atoms with van der Waals surface area (Å²) in [6.45, 7) is -3.34. The second-order valence-electron chi connectivity index (χ2n) is 5.79. The molecule has 0 atom stereocenters. The number of nitrogens with zero attached hydrogens (tertiary/aromatic N) is 1. The third-order valence-electron chi connectivity index (χ3n) is 3.74. The van der Waals surface area contributed by atoms with Crippen molar-refractivity contribution >= 4 is 11.9 Å². The number of carboxylic acids is 1. The van der Waals surface area contributed by atoms with Gasteiger partial charge >= 0.3 is 12.6 Å². The van der Waals surface area contributed by atoms with Crippen molar-refractivity contribution in [1.82, 2.24) is 4.90 Å².